The molecule has 2 N–H and O–H groups in total. The van der Waals surface area contributed by atoms with E-state index >= 15 is 0 Å². The number of aromatic nitrogens is 3. The average Bonchev–Trinajstić information content (AvgIpc) is 2.77. The van der Waals surface area contributed by atoms with Crippen molar-refractivity contribution in [3.63, 3.8) is 0 Å². The van der Waals surface area contributed by atoms with Gasteiger partial charge in [0.15, 0.2) is 0 Å². The second kappa shape index (κ2) is 6.93. The van der Waals surface area contributed by atoms with Gasteiger partial charge in [-0.1, -0.05) is 6.07 Å². The van der Waals surface area contributed by atoms with Crippen LogP contribution < -0.4 is 15.5 Å². The summed E-state index contributed by atoms with van der Waals surface area (Å²) in [5.74, 6) is 1.58. The van der Waals surface area contributed by atoms with Crippen molar-refractivity contribution >= 4 is 17.4 Å². The Balaban J connectivity index is 1.83. The minimum atomic E-state index is -0.231. The Morgan fingerprint density at radius 2 is 2.09 bits per heavy atom. The fourth-order valence-corrected chi connectivity index (χ4v) is 2.09. The van der Waals surface area contributed by atoms with Gasteiger partial charge in [0, 0.05) is 32.0 Å². The molecule has 0 radical (unpaired) electrons. The minimum Gasteiger partial charge on any atom is -0.378 e. The van der Waals surface area contributed by atoms with Gasteiger partial charge in [-0.2, -0.15) is 5.10 Å². The maximum atomic E-state index is 11.9. The Morgan fingerprint density at radius 3 is 2.73 bits per heavy atom. The third-order valence-electron chi connectivity index (χ3n) is 3.19. The number of carbonyl (C=O) groups is 1. The molecule has 2 amide bonds. The summed E-state index contributed by atoms with van der Waals surface area (Å²) in [6.07, 6.45) is 0. The summed E-state index contributed by atoms with van der Waals surface area (Å²) in [5.41, 5.74) is 1.79. The molecule has 1 aromatic heterocycles. The lowest BCUT2D eigenvalue weighted by molar-refractivity contribution is 0.251. The lowest BCUT2D eigenvalue weighted by atomic mass is 10.2. The molecule has 1 heterocycles. The first-order valence-electron chi connectivity index (χ1n) is 7.16. The van der Waals surface area contributed by atoms with Gasteiger partial charge in [-0.25, -0.2) is 14.5 Å². The largest absolute Gasteiger partial charge is 0.378 e. The predicted molar refractivity (Wildman–Crippen MR) is 87.3 cm³/mol. The number of hydrogen-bond acceptors (Lipinski definition) is 4. The highest BCUT2D eigenvalue weighted by atomic mass is 16.2. The van der Waals surface area contributed by atoms with Crippen molar-refractivity contribution in [3.05, 3.63) is 35.9 Å². The van der Waals surface area contributed by atoms with Crippen molar-refractivity contribution in [2.24, 2.45) is 0 Å². The molecular weight excluding hydrogens is 280 g/mol. The summed E-state index contributed by atoms with van der Waals surface area (Å²) in [6.45, 7) is 4.83. The topological polar surface area (TPSA) is 75.1 Å². The van der Waals surface area contributed by atoms with E-state index in [9.17, 15) is 4.79 Å². The number of nitrogens with zero attached hydrogens (tertiary/aromatic N) is 4. The summed E-state index contributed by atoms with van der Waals surface area (Å²) in [5, 5.41) is 9.88. The summed E-state index contributed by atoms with van der Waals surface area (Å²) < 4.78 is 1.78. The van der Waals surface area contributed by atoms with Crippen LogP contribution in [-0.2, 0) is 6.54 Å². The van der Waals surface area contributed by atoms with E-state index in [0.717, 1.165) is 23.0 Å². The molecule has 0 spiro atoms. The van der Waals surface area contributed by atoms with Crippen molar-refractivity contribution in [2.75, 3.05) is 30.9 Å². The number of amides is 2. The monoisotopic (exact) mass is 302 g/mol. The van der Waals surface area contributed by atoms with Crippen molar-refractivity contribution < 1.29 is 4.79 Å². The summed E-state index contributed by atoms with van der Waals surface area (Å²) >= 11 is 0. The number of hydrogen-bond donors (Lipinski definition) is 2. The first-order valence-corrected chi connectivity index (χ1v) is 7.16. The van der Waals surface area contributed by atoms with Crippen molar-refractivity contribution in [1.82, 2.24) is 20.1 Å². The standard InChI is InChI=1S/C15H22N6O/c1-11-17-12(2)21(19-11)9-8-16-15(22)18-13-6-5-7-14(10-13)20(3)4/h5-7,10H,8-9H2,1-4H3,(H2,16,18,22). The molecule has 2 aromatic rings. The van der Waals surface area contributed by atoms with Gasteiger partial charge < -0.3 is 15.5 Å². The van der Waals surface area contributed by atoms with Crippen molar-refractivity contribution in [3.8, 4) is 0 Å². The van der Waals surface area contributed by atoms with Gasteiger partial charge in [0.1, 0.15) is 11.6 Å². The highest BCUT2D eigenvalue weighted by Crippen LogP contribution is 2.16. The van der Waals surface area contributed by atoms with Crippen LogP contribution in [0.5, 0.6) is 0 Å². The first-order chi connectivity index (χ1) is 10.5. The zero-order valence-corrected chi connectivity index (χ0v) is 13.4. The third-order valence-corrected chi connectivity index (χ3v) is 3.19. The van der Waals surface area contributed by atoms with Crippen LogP contribution in [0.2, 0.25) is 0 Å². The Bertz CT molecular complexity index is 649. The van der Waals surface area contributed by atoms with Crippen molar-refractivity contribution in [2.45, 2.75) is 20.4 Å². The van der Waals surface area contributed by atoms with Gasteiger partial charge in [-0.3, -0.25) is 0 Å². The molecule has 0 aliphatic carbocycles. The second-order valence-corrected chi connectivity index (χ2v) is 5.26. The fraction of sp³-hybridized carbons (Fsp3) is 0.400. The number of urea groups is 1. The summed E-state index contributed by atoms with van der Waals surface area (Å²) in [4.78, 5) is 18.1. The molecule has 0 saturated carbocycles. The quantitative estimate of drug-likeness (QED) is 0.883. The Kier molecular flexibility index (Phi) is 4.98. The lowest BCUT2D eigenvalue weighted by Gasteiger charge is -2.14. The van der Waals surface area contributed by atoms with Crippen LogP contribution in [0.1, 0.15) is 11.6 Å². The molecule has 0 unspecified atom stereocenters. The molecule has 118 valence electrons. The average molecular weight is 302 g/mol. The van der Waals surface area contributed by atoms with Crippen LogP contribution >= 0.6 is 0 Å². The van der Waals surface area contributed by atoms with E-state index in [1.54, 1.807) is 4.68 Å². The molecule has 0 fully saturated rings. The number of rotatable bonds is 5. The molecule has 7 heteroatoms. The predicted octanol–water partition coefficient (Wildman–Crippen LogP) is 1.78. The highest BCUT2D eigenvalue weighted by Gasteiger charge is 2.05. The molecule has 1 aromatic carbocycles. The highest BCUT2D eigenvalue weighted by molar-refractivity contribution is 5.89. The van der Waals surface area contributed by atoms with Gasteiger partial charge in [-0.05, 0) is 32.0 Å². The van der Waals surface area contributed by atoms with E-state index in [4.69, 9.17) is 0 Å². The maximum Gasteiger partial charge on any atom is 0.319 e. The van der Waals surface area contributed by atoms with Crippen LogP contribution in [0.4, 0.5) is 16.2 Å². The van der Waals surface area contributed by atoms with E-state index < -0.39 is 0 Å². The Labute approximate surface area is 130 Å². The smallest absolute Gasteiger partial charge is 0.319 e. The molecule has 0 atom stereocenters. The van der Waals surface area contributed by atoms with Crippen LogP contribution in [0, 0.1) is 13.8 Å². The summed E-state index contributed by atoms with van der Waals surface area (Å²) in [6, 6.07) is 7.44. The van der Waals surface area contributed by atoms with Gasteiger partial charge in [0.05, 0.1) is 6.54 Å². The Morgan fingerprint density at radius 1 is 1.32 bits per heavy atom. The zero-order chi connectivity index (χ0) is 16.1. The molecule has 0 aliphatic heterocycles. The van der Waals surface area contributed by atoms with Crippen LogP contribution in [0.3, 0.4) is 0 Å². The van der Waals surface area contributed by atoms with Gasteiger partial charge in [-0.15, -0.1) is 0 Å². The van der Waals surface area contributed by atoms with Crippen molar-refractivity contribution in [1.29, 1.82) is 0 Å². The van der Waals surface area contributed by atoms with Crippen LogP contribution in [0.15, 0.2) is 24.3 Å². The fourth-order valence-electron chi connectivity index (χ4n) is 2.09. The van der Waals surface area contributed by atoms with Gasteiger partial charge in [0.2, 0.25) is 0 Å². The molecule has 0 bridgehead atoms. The van der Waals surface area contributed by atoms with E-state index in [2.05, 4.69) is 20.7 Å². The number of aryl methyl sites for hydroxylation is 2. The minimum absolute atomic E-state index is 0.231. The number of anilines is 2. The van der Waals surface area contributed by atoms with Crippen LogP contribution in [0.25, 0.3) is 0 Å². The number of nitrogens with one attached hydrogen (secondary N) is 2. The van der Waals surface area contributed by atoms with E-state index in [-0.39, 0.29) is 6.03 Å². The molecular formula is C15H22N6O. The SMILES string of the molecule is Cc1nc(C)n(CCNC(=O)Nc2cccc(N(C)C)c2)n1. The lowest BCUT2D eigenvalue weighted by Crippen LogP contribution is -2.31. The maximum absolute atomic E-state index is 11.9. The molecule has 7 nitrogen and oxygen atoms in total. The number of benzene rings is 1. The van der Waals surface area contributed by atoms with E-state index in [1.807, 2.05) is 57.1 Å². The van der Waals surface area contributed by atoms with E-state index in [1.165, 1.54) is 0 Å². The zero-order valence-electron chi connectivity index (χ0n) is 13.4. The third kappa shape index (κ3) is 4.21. The normalized spacial score (nSPS) is 10.4. The number of carbonyl (C=O) groups excluding carboxylic acids is 1. The second-order valence-electron chi connectivity index (χ2n) is 5.26. The molecule has 2 rings (SSSR count). The molecule has 22 heavy (non-hydrogen) atoms. The molecule has 0 saturated heterocycles. The van der Waals surface area contributed by atoms with Gasteiger partial charge in [0.25, 0.3) is 0 Å². The first kappa shape index (κ1) is 15.8. The summed E-state index contributed by atoms with van der Waals surface area (Å²) in [7, 11) is 3.92. The van der Waals surface area contributed by atoms with E-state index in [0.29, 0.717) is 13.1 Å². The Hall–Kier alpha value is -2.57. The molecule has 0 aliphatic rings. The van der Waals surface area contributed by atoms with Gasteiger partial charge >= 0.3 is 6.03 Å². The van der Waals surface area contributed by atoms with Crippen LogP contribution in [-0.4, -0.2) is 41.4 Å².